The summed E-state index contributed by atoms with van der Waals surface area (Å²) in [6.07, 6.45) is 3.71. The molecule has 6 nitrogen and oxygen atoms in total. The molecule has 0 atom stereocenters. The number of unbranched alkanes of at least 4 members (excludes halogenated alkanes) is 3. The Bertz CT molecular complexity index is 683. The highest BCUT2D eigenvalue weighted by atomic mass is 16.5. The second-order valence-electron chi connectivity index (χ2n) is 5.94. The van der Waals surface area contributed by atoms with Gasteiger partial charge in [-0.25, -0.2) is 0 Å². The number of esters is 2. The minimum absolute atomic E-state index is 0.304. The Morgan fingerprint density at radius 3 is 1.42 bits per heavy atom. The Hall–Kier alpha value is -3.02. The van der Waals surface area contributed by atoms with Gasteiger partial charge in [-0.05, 0) is 37.1 Å². The molecule has 2 aromatic carbocycles. The van der Waals surface area contributed by atoms with E-state index in [1.165, 1.54) is 0 Å². The van der Waals surface area contributed by atoms with Crippen molar-refractivity contribution in [3.8, 4) is 11.5 Å². The highest BCUT2D eigenvalue weighted by Crippen LogP contribution is 2.21. The molecular weight excluding hydrogens is 332 g/mol. The van der Waals surface area contributed by atoms with Gasteiger partial charge in [0.05, 0.1) is 11.4 Å². The molecule has 0 spiro atoms. The fraction of sp³-hybridized carbons (Fsp3) is 0.300. The topological polar surface area (TPSA) is 105 Å². The summed E-state index contributed by atoms with van der Waals surface area (Å²) >= 11 is 0. The van der Waals surface area contributed by atoms with E-state index in [1.807, 2.05) is 0 Å². The number of benzene rings is 2. The zero-order chi connectivity index (χ0) is 18.8. The van der Waals surface area contributed by atoms with Crippen molar-refractivity contribution in [2.75, 3.05) is 11.5 Å². The van der Waals surface area contributed by atoms with Crippen LogP contribution in [0.5, 0.6) is 11.5 Å². The zero-order valence-electron chi connectivity index (χ0n) is 14.6. The highest BCUT2D eigenvalue weighted by Gasteiger charge is 2.09. The third-order valence-electron chi connectivity index (χ3n) is 3.80. The molecule has 0 radical (unpaired) electrons. The number of ether oxygens (including phenoxy) is 2. The molecule has 0 amide bonds. The van der Waals surface area contributed by atoms with Crippen molar-refractivity contribution in [3.05, 3.63) is 48.5 Å². The van der Waals surface area contributed by atoms with Crippen molar-refractivity contribution in [2.24, 2.45) is 0 Å². The summed E-state index contributed by atoms with van der Waals surface area (Å²) in [7, 11) is 0. The maximum Gasteiger partial charge on any atom is 0.311 e. The van der Waals surface area contributed by atoms with Crippen LogP contribution in [-0.4, -0.2) is 11.9 Å². The smallest absolute Gasteiger partial charge is 0.311 e. The average molecular weight is 356 g/mol. The first-order valence-corrected chi connectivity index (χ1v) is 8.66. The lowest BCUT2D eigenvalue weighted by atomic mass is 10.1. The van der Waals surface area contributed by atoms with Crippen molar-refractivity contribution in [2.45, 2.75) is 38.5 Å². The molecule has 0 saturated carbocycles. The van der Waals surface area contributed by atoms with Gasteiger partial charge in [0.1, 0.15) is 0 Å². The van der Waals surface area contributed by atoms with Crippen LogP contribution in [0.1, 0.15) is 38.5 Å². The number of hydrogen-bond acceptors (Lipinski definition) is 6. The molecule has 0 aromatic heterocycles. The molecule has 0 aliphatic heterocycles. The molecule has 0 aliphatic carbocycles. The van der Waals surface area contributed by atoms with Gasteiger partial charge in [-0.1, -0.05) is 37.1 Å². The fourth-order valence-corrected chi connectivity index (χ4v) is 2.39. The lowest BCUT2D eigenvalue weighted by Gasteiger charge is -2.07. The van der Waals surface area contributed by atoms with E-state index in [4.69, 9.17) is 20.9 Å². The van der Waals surface area contributed by atoms with Gasteiger partial charge in [-0.2, -0.15) is 0 Å². The van der Waals surface area contributed by atoms with Crippen LogP contribution in [0.3, 0.4) is 0 Å². The number of anilines is 2. The second-order valence-corrected chi connectivity index (χ2v) is 5.94. The largest absolute Gasteiger partial charge is 0.424 e. The number of carbonyl (C=O) groups excluding carboxylic acids is 2. The van der Waals surface area contributed by atoms with E-state index in [0.717, 1.165) is 12.8 Å². The summed E-state index contributed by atoms with van der Waals surface area (Å²) in [6, 6.07) is 13.8. The van der Waals surface area contributed by atoms with E-state index in [9.17, 15) is 9.59 Å². The number of para-hydroxylation sites is 4. The molecule has 26 heavy (non-hydrogen) atoms. The minimum atomic E-state index is -0.304. The summed E-state index contributed by atoms with van der Waals surface area (Å²) in [4.78, 5) is 23.6. The third-order valence-corrected chi connectivity index (χ3v) is 3.80. The first-order chi connectivity index (χ1) is 12.6. The van der Waals surface area contributed by atoms with Crippen LogP contribution in [-0.2, 0) is 9.59 Å². The Balaban J connectivity index is 1.56. The van der Waals surface area contributed by atoms with E-state index in [1.54, 1.807) is 48.5 Å². The van der Waals surface area contributed by atoms with Crippen molar-refractivity contribution in [3.63, 3.8) is 0 Å². The van der Waals surface area contributed by atoms with Crippen LogP contribution in [0.15, 0.2) is 48.5 Å². The van der Waals surface area contributed by atoms with Crippen LogP contribution in [0.2, 0.25) is 0 Å². The van der Waals surface area contributed by atoms with Gasteiger partial charge in [0.2, 0.25) is 0 Å². The first-order valence-electron chi connectivity index (χ1n) is 8.66. The number of nitrogens with two attached hydrogens (primary N) is 2. The van der Waals surface area contributed by atoms with Gasteiger partial charge in [0, 0.05) is 12.8 Å². The van der Waals surface area contributed by atoms with Gasteiger partial charge in [-0.15, -0.1) is 0 Å². The molecular formula is C20H24N2O4. The average Bonchev–Trinajstić information content (AvgIpc) is 2.62. The van der Waals surface area contributed by atoms with Gasteiger partial charge in [0.25, 0.3) is 0 Å². The van der Waals surface area contributed by atoms with Gasteiger partial charge in [0.15, 0.2) is 11.5 Å². The second kappa shape index (κ2) is 10.1. The van der Waals surface area contributed by atoms with E-state index in [2.05, 4.69) is 0 Å². The summed E-state index contributed by atoms with van der Waals surface area (Å²) in [5.74, 6) is 0.171. The predicted molar refractivity (Wildman–Crippen MR) is 101 cm³/mol. The lowest BCUT2D eigenvalue weighted by Crippen LogP contribution is -2.09. The van der Waals surface area contributed by atoms with Crippen LogP contribution in [0.25, 0.3) is 0 Å². The Morgan fingerprint density at radius 1 is 0.654 bits per heavy atom. The van der Waals surface area contributed by atoms with E-state index in [0.29, 0.717) is 48.6 Å². The molecule has 0 bridgehead atoms. The summed E-state index contributed by atoms with van der Waals surface area (Å²) in [5.41, 5.74) is 12.3. The quantitative estimate of drug-likeness (QED) is 0.307. The molecule has 0 saturated heterocycles. The van der Waals surface area contributed by atoms with Crippen molar-refractivity contribution < 1.29 is 19.1 Å². The summed E-state index contributed by atoms with van der Waals surface area (Å²) in [6.45, 7) is 0. The molecule has 6 heteroatoms. The van der Waals surface area contributed by atoms with E-state index < -0.39 is 0 Å². The number of hydrogen-bond donors (Lipinski definition) is 2. The SMILES string of the molecule is Nc1ccccc1OC(=O)CCCCCCC(=O)Oc1ccccc1N. The maximum atomic E-state index is 11.8. The molecule has 0 heterocycles. The molecule has 2 aromatic rings. The predicted octanol–water partition coefficient (Wildman–Crippen LogP) is 3.70. The molecule has 0 aliphatic rings. The number of rotatable bonds is 9. The number of nitrogen functional groups attached to an aromatic ring is 2. The molecule has 4 N–H and O–H groups in total. The van der Waals surface area contributed by atoms with Crippen molar-refractivity contribution >= 4 is 23.3 Å². The molecule has 2 rings (SSSR count). The Morgan fingerprint density at radius 2 is 1.04 bits per heavy atom. The maximum absolute atomic E-state index is 11.8. The normalized spacial score (nSPS) is 10.3. The zero-order valence-corrected chi connectivity index (χ0v) is 14.6. The van der Waals surface area contributed by atoms with Gasteiger partial charge >= 0.3 is 11.9 Å². The van der Waals surface area contributed by atoms with E-state index in [-0.39, 0.29) is 11.9 Å². The van der Waals surface area contributed by atoms with Crippen molar-refractivity contribution in [1.82, 2.24) is 0 Å². The lowest BCUT2D eigenvalue weighted by molar-refractivity contribution is -0.135. The fourth-order valence-electron chi connectivity index (χ4n) is 2.39. The summed E-state index contributed by atoms with van der Waals surface area (Å²) in [5, 5.41) is 0. The minimum Gasteiger partial charge on any atom is -0.424 e. The standard InChI is InChI=1S/C20H24N2O4/c21-15-9-5-7-11-17(15)25-19(23)13-3-1-2-4-14-20(24)26-18-12-8-6-10-16(18)22/h5-12H,1-4,13-14,21-22H2. The van der Waals surface area contributed by atoms with Crippen LogP contribution < -0.4 is 20.9 Å². The van der Waals surface area contributed by atoms with Crippen LogP contribution in [0.4, 0.5) is 11.4 Å². The van der Waals surface area contributed by atoms with Crippen LogP contribution in [0, 0.1) is 0 Å². The van der Waals surface area contributed by atoms with E-state index >= 15 is 0 Å². The molecule has 138 valence electrons. The van der Waals surface area contributed by atoms with Gasteiger partial charge < -0.3 is 20.9 Å². The number of carbonyl (C=O) groups is 2. The Kier molecular flexibility index (Phi) is 7.49. The monoisotopic (exact) mass is 356 g/mol. The summed E-state index contributed by atoms with van der Waals surface area (Å²) < 4.78 is 10.4. The highest BCUT2D eigenvalue weighted by molar-refractivity contribution is 5.75. The van der Waals surface area contributed by atoms with Crippen LogP contribution >= 0.6 is 0 Å². The van der Waals surface area contributed by atoms with Crippen molar-refractivity contribution in [1.29, 1.82) is 0 Å². The third kappa shape index (κ3) is 6.47. The van der Waals surface area contributed by atoms with Gasteiger partial charge in [-0.3, -0.25) is 9.59 Å². The molecule has 0 unspecified atom stereocenters. The molecule has 0 fully saturated rings. The Labute approximate surface area is 153 Å². The first kappa shape index (κ1) is 19.3.